The molecule has 0 spiro atoms. The van der Waals surface area contributed by atoms with Gasteiger partial charge in [0.15, 0.2) is 0 Å². The molecule has 3 rings (SSSR count). The Morgan fingerprint density at radius 2 is 1.96 bits per heavy atom. The normalized spacial score (nSPS) is 10.8. The van der Waals surface area contributed by atoms with E-state index in [-0.39, 0.29) is 18.0 Å². The molecule has 0 atom stereocenters. The van der Waals surface area contributed by atoms with Gasteiger partial charge in [-0.3, -0.25) is 9.59 Å². The first-order valence-electron chi connectivity index (χ1n) is 8.23. The number of halogens is 1. The van der Waals surface area contributed by atoms with Crippen molar-refractivity contribution in [1.29, 1.82) is 0 Å². The average Bonchev–Trinajstić information content (AvgIpc) is 2.65. The summed E-state index contributed by atoms with van der Waals surface area (Å²) in [4.78, 5) is 29.7. The SMILES string of the molecule is COCCN(Cc1cc2ccccc2[nH]c1=O)C(=O)c1cccc(Cl)c1. The van der Waals surface area contributed by atoms with Crippen LogP contribution in [-0.4, -0.2) is 36.1 Å². The molecule has 1 aromatic heterocycles. The molecule has 26 heavy (non-hydrogen) atoms. The zero-order valence-corrected chi connectivity index (χ0v) is 15.1. The molecule has 1 N–H and O–H groups in total. The molecule has 0 fully saturated rings. The lowest BCUT2D eigenvalue weighted by molar-refractivity contribution is 0.0680. The highest BCUT2D eigenvalue weighted by molar-refractivity contribution is 6.30. The summed E-state index contributed by atoms with van der Waals surface area (Å²) in [6.07, 6.45) is 0. The molecule has 0 radical (unpaired) electrons. The van der Waals surface area contributed by atoms with Crippen molar-refractivity contribution >= 4 is 28.4 Å². The first-order valence-corrected chi connectivity index (χ1v) is 8.61. The van der Waals surface area contributed by atoms with Gasteiger partial charge in [0.25, 0.3) is 11.5 Å². The van der Waals surface area contributed by atoms with Crippen molar-refractivity contribution in [3.63, 3.8) is 0 Å². The molecule has 5 nitrogen and oxygen atoms in total. The number of aromatic amines is 1. The standard InChI is InChI=1S/C20H19ClN2O3/c1-26-10-9-23(20(25)15-6-4-7-17(21)12-15)13-16-11-14-5-2-3-8-18(14)22-19(16)24/h2-8,11-12H,9-10,13H2,1H3,(H,22,24). The largest absolute Gasteiger partial charge is 0.383 e. The van der Waals surface area contributed by atoms with E-state index in [4.69, 9.17) is 16.3 Å². The number of amides is 1. The molecule has 134 valence electrons. The molecular formula is C20H19ClN2O3. The topological polar surface area (TPSA) is 62.4 Å². The van der Waals surface area contributed by atoms with Crippen LogP contribution in [0.4, 0.5) is 0 Å². The average molecular weight is 371 g/mol. The summed E-state index contributed by atoms with van der Waals surface area (Å²) in [5, 5.41) is 1.41. The van der Waals surface area contributed by atoms with Crippen molar-refractivity contribution in [2.75, 3.05) is 20.3 Å². The predicted molar refractivity (Wildman–Crippen MR) is 103 cm³/mol. The van der Waals surface area contributed by atoms with E-state index in [9.17, 15) is 9.59 Å². The summed E-state index contributed by atoms with van der Waals surface area (Å²) in [5.41, 5.74) is 1.57. The third-order valence-corrected chi connectivity index (χ3v) is 4.35. The molecule has 3 aromatic rings. The van der Waals surface area contributed by atoms with Crippen molar-refractivity contribution in [2.24, 2.45) is 0 Å². The predicted octanol–water partition coefficient (Wildman–Crippen LogP) is 3.47. The van der Waals surface area contributed by atoms with Gasteiger partial charge in [0.1, 0.15) is 0 Å². The minimum absolute atomic E-state index is 0.189. The maximum absolute atomic E-state index is 12.9. The fourth-order valence-corrected chi connectivity index (χ4v) is 2.96. The van der Waals surface area contributed by atoms with Gasteiger partial charge in [0.2, 0.25) is 0 Å². The van der Waals surface area contributed by atoms with Gasteiger partial charge in [0, 0.05) is 35.3 Å². The monoisotopic (exact) mass is 370 g/mol. The number of para-hydroxylation sites is 1. The van der Waals surface area contributed by atoms with Crippen molar-refractivity contribution in [2.45, 2.75) is 6.54 Å². The second-order valence-electron chi connectivity index (χ2n) is 5.94. The van der Waals surface area contributed by atoms with Crippen LogP contribution in [-0.2, 0) is 11.3 Å². The van der Waals surface area contributed by atoms with Crippen LogP contribution >= 0.6 is 11.6 Å². The van der Waals surface area contributed by atoms with E-state index in [2.05, 4.69) is 4.98 Å². The van der Waals surface area contributed by atoms with Gasteiger partial charge in [-0.15, -0.1) is 0 Å². The number of H-pyrrole nitrogens is 1. The highest BCUT2D eigenvalue weighted by Gasteiger charge is 2.18. The van der Waals surface area contributed by atoms with Crippen LogP contribution in [0.2, 0.25) is 5.02 Å². The Balaban J connectivity index is 1.92. The molecule has 1 heterocycles. The number of fused-ring (bicyclic) bond motifs is 1. The molecule has 0 aliphatic heterocycles. The van der Waals surface area contributed by atoms with Crippen LogP contribution in [0.3, 0.4) is 0 Å². The Morgan fingerprint density at radius 1 is 1.15 bits per heavy atom. The van der Waals surface area contributed by atoms with Gasteiger partial charge in [-0.25, -0.2) is 0 Å². The van der Waals surface area contributed by atoms with E-state index < -0.39 is 0 Å². The van der Waals surface area contributed by atoms with Gasteiger partial charge in [-0.1, -0.05) is 35.9 Å². The van der Waals surface area contributed by atoms with Crippen LogP contribution < -0.4 is 5.56 Å². The number of ether oxygens (including phenoxy) is 1. The van der Waals surface area contributed by atoms with Crippen LogP contribution in [0.1, 0.15) is 15.9 Å². The molecule has 0 bridgehead atoms. The zero-order chi connectivity index (χ0) is 18.5. The van der Waals surface area contributed by atoms with E-state index in [0.29, 0.717) is 29.3 Å². The highest BCUT2D eigenvalue weighted by Crippen LogP contribution is 2.15. The van der Waals surface area contributed by atoms with Crippen LogP contribution in [0.25, 0.3) is 10.9 Å². The Kier molecular flexibility index (Phi) is 5.71. The second kappa shape index (κ2) is 8.17. The summed E-state index contributed by atoms with van der Waals surface area (Å²) in [6.45, 7) is 0.931. The lowest BCUT2D eigenvalue weighted by atomic mass is 10.1. The Labute approximate surface area is 156 Å². The smallest absolute Gasteiger partial charge is 0.254 e. The van der Waals surface area contributed by atoms with Crippen LogP contribution in [0, 0.1) is 0 Å². The molecular weight excluding hydrogens is 352 g/mol. The van der Waals surface area contributed by atoms with Crippen molar-refractivity contribution in [3.8, 4) is 0 Å². The number of pyridine rings is 1. The van der Waals surface area contributed by atoms with Crippen molar-refractivity contribution in [1.82, 2.24) is 9.88 Å². The number of benzene rings is 2. The fraction of sp³-hybridized carbons (Fsp3) is 0.200. The summed E-state index contributed by atoms with van der Waals surface area (Å²) < 4.78 is 5.11. The fourth-order valence-electron chi connectivity index (χ4n) is 2.77. The molecule has 2 aromatic carbocycles. The maximum Gasteiger partial charge on any atom is 0.254 e. The van der Waals surface area contributed by atoms with E-state index in [0.717, 1.165) is 10.9 Å². The highest BCUT2D eigenvalue weighted by atomic mass is 35.5. The number of hydrogen-bond acceptors (Lipinski definition) is 3. The number of aromatic nitrogens is 1. The Hall–Kier alpha value is -2.63. The van der Waals surface area contributed by atoms with Crippen molar-refractivity contribution < 1.29 is 9.53 Å². The molecule has 0 saturated heterocycles. The van der Waals surface area contributed by atoms with E-state index >= 15 is 0 Å². The number of hydrogen-bond donors (Lipinski definition) is 1. The van der Waals surface area contributed by atoms with Crippen LogP contribution in [0.15, 0.2) is 59.4 Å². The van der Waals surface area contributed by atoms with E-state index in [1.54, 1.807) is 36.3 Å². The number of carbonyl (C=O) groups is 1. The maximum atomic E-state index is 12.9. The van der Waals surface area contributed by atoms with Gasteiger partial charge in [0.05, 0.1) is 13.2 Å². The lowest BCUT2D eigenvalue weighted by Gasteiger charge is -2.22. The summed E-state index contributed by atoms with van der Waals surface area (Å²) in [5.74, 6) is -0.197. The van der Waals surface area contributed by atoms with Crippen molar-refractivity contribution in [3.05, 3.63) is 81.1 Å². The number of nitrogens with one attached hydrogen (secondary N) is 1. The molecule has 0 aliphatic rings. The second-order valence-corrected chi connectivity index (χ2v) is 6.38. The zero-order valence-electron chi connectivity index (χ0n) is 14.4. The van der Waals surface area contributed by atoms with E-state index in [1.165, 1.54) is 0 Å². The third kappa shape index (κ3) is 4.12. The molecule has 0 aliphatic carbocycles. The number of rotatable bonds is 6. The summed E-state index contributed by atoms with van der Waals surface area (Å²) in [7, 11) is 1.57. The molecule has 6 heteroatoms. The number of methoxy groups -OCH3 is 1. The van der Waals surface area contributed by atoms with E-state index in [1.807, 2.05) is 30.3 Å². The first kappa shape index (κ1) is 18.2. The Morgan fingerprint density at radius 3 is 2.73 bits per heavy atom. The van der Waals surface area contributed by atoms with Gasteiger partial charge in [-0.2, -0.15) is 0 Å². The molecule has 1 amide bonds. The lowest BCUT2D eigenvalue weighted by Crippen LogP contribution is -2.35. The summed E-state index contributed by atoms with van der Waals surface area (Å²) in [6, 6.07) is 16.1. The molecule has 0 saturated carbocycles. The van der Waals surface area contributed by atoms with Crippen LogP contribution in [0.5, 0.6) is 0 Å². The quantitative estimate of drug-likeness (QED) is 0.722. The van der Waals surface area contributed by atoms with Gasteiger partial charge in [-0.05, 0) is 35.7 Å². The number of nitrogens with zero attached hydrogens (tertiary/aromatic N) is 1. The number of carbonyl (C=O) groups excluding carboxylic acids is 1. The third-order valence-electron chi connectivity index (χ3n) is 4.12. The minimum Gasteiger partial charge on any atom is -0.383 e. The first-order chi connectivity index (χ1) is 12.6. The van der Waals surface area contributed by atoms with Gasteiger partial charge >= 0.3 is 0 Å². The minimum atomic E-state index is -0.204. The van der Waals surface area contributed by atoms with Gasteiger partial charge < -0.3 is 14.6 Å². The summed E-state index contributed by atoms with van der Waals surface area (Å²) >= 11 is 6.00. The molecule has 0 unspecified atom stereocenters. The Bertz CT molecular complexity index is 984.